The highest BCUT2D eigenvalue weighted by molar-refractivity contribution is 6.05. The van der Waals surface area contributed by atoms with Crippen molar-refractivity contribution in [3.05, 3.63) is 72.1 Å². The number of nitriles is 1. The number of rotatable bonds is 5. The van der Waals surface area contributed by atoms with Crippen molar-refractivity contribution in [2.24, 2.45) is 0 Å². The maximum absolute atomic E-state index is 12.5. The van der Waals surface area contributed by atoms with Crippen LogP contribution in [0.25, 0.3) is 0 Å². The molecule has 0 saturated carbocycles. The Hall–Kier alpha value is -4.05. The zero-order valence-electron chi connectivity index (χ0n) is 14.3. The van der Waals surface area contributed by atoms with Crippen LogP contribution in [0.1, 0.15) is 16.1 Å². The number of benzene rings is 2. The second-order valence-electron chi connectivity index (χ2n) is 5.40. The third-order valence-corrected chi connectivity index (χ3v) is 3.67. The SMILES string of the molecule is COc1ccnc(C(=O)Nc2ccccc2Oc2ccc(C#N)cc2)c1O. The van der Waals surface area contributed by atoms with Crippen LogP contribution in [0.2, 0.25) is 0 Å². The Morgan fingerprint density at radius 1 is 1.11 bits per heavy atom. The molecule has 0 aliphatic rings. The van der Waals surface area contributed by atoms with Gasteiger partial charge in [-0.25, -0.2) is 4.98 Å². The van der Waals surface area contributed by atoms with Gasteiger partial charge in [0.15, 0.2) is 22.9 Å². The molecule has 1 aromatic heterocycles. The highest BCUT2D eigenvalue weighted by Gasteiger charge is 2.18. The van der Waals surface area contributed by atoms with Crippen LogP contribution >= 0.6 is 0 Å². The van der Waals surface area contributed by atoms with Crippen LogP contribution in [0.5, 0.6) is 23.0 Å². The summed E-state index contributed by atoms with van der Waals surface area (Å²) < 4.78 is 10.8. The van der Waals surface area contributed by atoms with Gasteiger partial charge >= 0.3 is 0 Å². The quantitative estimate of drug-likeness (QED) is 0.718. The molecule has 0 radical (unpaired) electrons. The van der Waals surface area contributed by atoms with Crippen LogP contribution in [0, 0.1) is 11.3 Å². The highest BCUT2D eigenvalue weighted by Crippen LogP contribution is 2.32. The standard InChI is InChI=1S/C20H15N3O4/c1-26-17-10-11-22-18(19(17)24)20(25)23-15-4-2-3-5-16(15)27-14-8-6-13(12-21)7-9-14/h2-11,24H,1H3,(H,23,25). The molecule has 2 N–H and O–H groups in total. The van der Waals surface area contributed by atoms with Gasteiger partial charge in [-0.15, -0.1) is 0 Å². The van der Waals surface area contributed by atoms with Crippen molar-refractivity contribution in [2.75, 3.05) is 12.4 Å². The van der Waals surface area contributed by atoms with E-state index in [9.17, 15) is 9.90 Å². The number of para-hydroxylation sites is 2. The number of carbonyl (C=O) groups excluding carboxylic acids is 1. The number of methoxy groups -OCH3 is 1. The van der Waals surface area contributed by atoms with Gasteiger partial charge < -0.3 is 19.9 Å². The summed E-state index contributed by atoms with van der Waals surface area (Å²) in [7, 11) is 1.39. The Kier molecular flexibility index (Phi) is 5.19. The van der Waals surface area contributed by atoms with Crippen molar-refractivity contribution < 1.29 is 19.4 Å². The minimum Gasteiger partial charge on any atom is -0.503 e. The summed E-state index contributed by atoms with van der Waals surface area (Å²) in [6, 6.07) is 16.9. The molecule has 7 nitrogen and oxygen atoms in total. The van der Waals surface area contributed by atoms with Gasteiger partial charge in [-0.05, 0) is 36.4 Å². The number of carbonyl (C=O) groups is 1. The predicted octanol–water partition coefficient (Wildman–Crippen LogP) is 3.71. The summed E-state index contributed by atoms with van der Waals surface area (Å²) in [5.41, 5.74) is 0.752. The molecule has 0 atom stereocenters. The number of amides is 1. The summed E-state index contributed by atoms with van der Waals surface area (Å²) in [6.07, 6.45) is 1.37. The third-order valence-electron chi connectivity index (χ3n) is 3.67. The Balaban J connectivity index is 1.83. The molecular formula is C20H15N3O4. The van der Waals surface area contributed by atoms with E-state index in [1.165, 1.54) is 19.4 Å². The number of nitrogens with one attached hydrogen (secondary N) is 1. The molecule has 0 fully saturated rings. The van der Waals surface area contributed by atoms with Crippen LogP contribution < -0.4 is 14.8 Å². The average molecular weight is 361 g/mol. The zero-order valence-corrected chi connectivity index (χ0v) is 14.3. The van der Waals surface area contributed by atoms with Gasteiger partial charge in [-0.3, -0.25) is 4.79 Å². The molecule has 2 aromatic carbocycles. The first-order valence-electron chi connectivity index (χ1n) is 7.92. The van der Waals surface area contributed by atoms with E-state index >= 15 is 0 Å². The maximum atomic E-state index is 12.5. The van der Waals surface area contributed by atoms with E-state index in [1.54, 1.807) is 48.5 Å². The van der Waals surface area contributed by atoms with Crippen LogP contribution in [-0.2, 0) is 0 Å². The number of aromatic nitrogens is 1. The van der Waals surface area contributed by atoms with Gasteiger partial charge in [0.25, 0.3) is 5.91 Å². The fourth-order valence-corrected chi connectivity index (χ4v) is 2.33. The Morgan fingerprint density at radius 2 is 1.85 bits per heavy atom. The minimum absolute atomic E-state index is 0.150. The Morgan fingerprint density at radius 3 is 2.56 bits per heavy atom. The van der Waals surface area contributed by atoms with Crippen LogP contribution in [-0.4, -0.2) is 23.1 Å². The lowest BCUT2D eigenvalue weighted by Crippen LogP contribution is -2.14. The largest absolute Gasteiger partial charge is 0.503 e. The van der Waals surface area contributed by atoms with Crippen molar-refractivity contribution in [1.82, 2.24) is 4.98 Å². The molecule has 3 aromatic rings. The Bertz CT molecular complexity index is 1010. The number of nitrogens with zero attached hydrogens (tertiary/aromatic N) is 2. The summed E-state index contributed by atoms with van der Waals surface area (Å²) in [6.45, 7) is 0. The van der Waals surface area contributed by atoms with Crippen molar-refractivity contribution in [2.45, 2.75) is 0 Å². The predicted molar refractivity (Wildman–Crippen MR) is 98.1 cm³/mol. The van der Waals surface area contributed by atoms with Crippen LogP contribution in [0.15, 0.2) is 60.8 Å². The third kappa shape index (κ3) is 3.96. The van der Waals surface area contributed by atoms with Gasteiger partial charge in [-0.2, -0.15) is 5.26 Å². The molecule has 0 aliphatic heterocycles. The topological polar surface area (TPSA) is 104 Å². The Labute approximate surface area is 155 Å². The molecular weight excluding hydrogens is 346 g/mol. The molecule has 0 bridgehead atoms. The van der Waals surface area contributed by atoms with Crippen molar-refractivity contribution in [3.8, 4) is 29.1 Å². The van der Waals surface area contributed by atoms with E-state index in [0.29, 0.717) is 22.7 Å². The molecule has 0 spiro atoms. The fraction of sp³-hybridized carbons (Fsp3) is 0.0500. The molecule has 27 heavy (non-hydrogen) atoms. The summed E-state index contributed by atoms with van der Waals surface area (Å²) in [4.78, 5) is 16.4. The van der Waals surface area contributed by atoms with Crippen molar-refractivity contribution in [3.63, 3.8) is 0 Å². The van der Waals surface area contributed by atoms with Gasteiger partial charge in [0.05, 0.1) is 24.4 Å². The van der Waals surface area contributed by atoms with E-state index in [2.05, 4.69) is 10.3 Å². The first-order valence-corrected chi connectivity index (χ1v) is 7.92. The van der Waals surface area contributed by atoms with Crippen LogP contribution in [0.4, 0.5) is 5.69 Å². The molecule has 0 saturated heterocycles. The summed E-state index contributed by atoms with van der Waals surface area (Å²) >= 11 is 0. The monoisotopic (exact) mass is 361 g/mol. The number of hydrogen-bond acceptors (Lipinski definition) is 6. The van der Waals surface area contributed by atoms with Gasteiger partial charge in [0.2, 0.25) is 0 Å². The van der Waals surface area contributed by atoms with E-state index < -0.39 is 5.91 Å². The molecule has 3 rings (SSSR count). The number of pyridine rings is 1. The van der Waals surface area contributed by atoms with Crippen LogP contribution in [0.3, 0.4) is 0 Å². The first-order chi connectivity index (χ1) is 13.1. The summed E-state index contributed by atoms with van der Waals surface area (Å²) in [5, 5.41) is 21.6. The van der Waals surface area contributed by atoms with Crippen molar-refractivity contribution in [1.29, 1.82) is 5.26 Å². The normalized spacial score (nSPS) is 9.93. The maximum Gasteiger partial charge on any atom is 0.278 e. The lowest BCUT2D eigenvalue weighted by atomic mass is 10.2. The lowest BCUT2D eigenvalue weighted by molar-refractivity contribution is 0.101. The molecule has 1 amide bonds. The molecule has 0 unspecified atom stereocenters. The lowest BCUT2D eigenvalue weighted by Gasteiger charge is -2.13. The summed E-state index contributed by atoms with van der Waals surface area (Å²) in [5.74, 6) is 0.110. The van der Waals surface area contributed by atoms with Gasteiger partial charge in [0.1, 0.15) is 5.75 Å². The first kappa shape index (κ1) is 17.8. The molecule has 7 heteroatoms. The fourth-order valence-electron chi connectivity index (χ4n) is 2.33. The van der Waals surface area contributed by atoms with E-state index in [0.717, 1.165) is 0 Å². The minimum atomic E-state index is -0.609. The zero-order chi connectivity index (χ0) is 19.2. The van der Waals surface area contributed by atoms with E-state index in [4.69, 9.17) is 14.7 Å². The van der Waals surface area contributed by atoms with Gasteiger partial charge in [-0.1, -0.05) is 12.1 Å². The average Bonchev–Trinajstić information content (AvgIpc) is 2.70. The second kappa shape index (κ2) is 7.89. The second-order valence-corrected chi connectivity index (χ2v) is 5.40. The number of hydrogen-bond donors (Lipinski definition) is 2. The molecule has 134 valence electrons. The molecule has 1 heterocycles. The van der Waals surface area contributed by atoms with Crippen molar-refractivity contribution >= 4 is 11.6 Å². The van der Waals surface area contributed by atoms with E-state index in [-0.39, 0.29) is 17.2 Å². The molecule has 0 aliphatic carbocycles. The number of aromatic hydroxyl groups is 1. The van der Waals surface area contributed by atoms with E-state index in [1.807, 2.05) is 6.07 Å². The number of ether oxygens (including phenoxy) is 2. The van der Waals surface area contributed by atoms with Gasteiger partial charge in [0, 0.05) is 12.3 Å². The smallest absolute Gasteiger partial charge is 0.278 e. The number of anilines is 1. The highest BCUT2D eigenvalue weighted by atomic mass is 16.5.